The topological polar surface area (TPSA) is 67.1 Å². The fourth-order valence-corrected chi connectivity index (χ4v) is 2.23. The van der Waals surface area contributed by atoms with Gasteiger partial charge < -0.3 is 4.90 Å². The number of hydrogen-bond acceptors (Lipinski definition) is 5. The molecule has 1 heterocycles. The quantitative estimate of drug-likeness (QED) is 0.670. The first-order valence-corrected chi connectivity index (χ1v) is 6.69. The summed E-state index contributed by atoms with van der Waals surface area (Å²) < 4.78 is 0. The second kappa shape index (κ2) is 6.07. The van der Waals surface area contributed by atoms with E-state index in [0.717, 1.165) is 22.0 Å². The van der Waals surface area contributed by atoms with E-state index in [4.69, 9.17) is 17.4 Å². The first-order chi connectivity index (χ1) is 9.52. The number of aromatic nitrogens is 2. The highest BCUT2D eigenvalue weighted by atomic mass is 35.5. The van der Waals surface area contributed by atoms with Gasteiger partial charge in [-0.2, -0.15) is 4.98 Å². The van der Waals surface area contributed by atoms with E-state index in [2.05, 4.69) is 27.2 Å². The van der Waals surface area contributed by atoms with Gasteiger partial charge in [-0.25, -0.2) is 10.8 Å². The van der Waals surface area contributed by atoms with Crippen LogP contribution in [0.2, 0.25) is 5.02 Å². The predicted octanol–water partition coefficient (Wildman–Crippen LogP) is 2.92. The lowest BCUT2D eigenvalue weighted by molar-refractivity contribution is 0.724. The Hall–Kier alpha value is -1.85. The number of hydrazine groups is 1. The molecule has 5 nitrogen and oxygen atoms in total. The maximum absolute atomic E-state index is 6.05. The zero-order chi connectivity index (χ0) is 14.7. The Kier molecular flexibility index (Phi) is 4.42. The molecule has 0 saturated carbocycles. The lowest BCUT2D eigenvalue weighted by Gasteiger charge is -2.27. The second-order valence-corrected chi connectivity index (χ2v) is 5.12. The second-order valence-electron chi connectivity index (χ2n) is 4.69. The smallest absolute Gasteiger partial charge is 0.239 e. The summed E-state index contributed by atoms with van der Waals surface area (Å²) in [6, 6.07) is 7.95. The van der Waals surface area contributed by atoms with Crippen LogP contribution in [-0.4, -0.2) is 17.0 Å². The molecule has 6 heteroatoms. The number of nitrogens with zero attached hydrogens (tertiary/aromatic N) is 3. The van der Waals surface area contributed by atoms with E-state index >= 15 is 0 Å². The van der Waals surface area contributed by atoms with E-state index in [-0.39, 0.29) is 6.04 Å². The van der Waals surface area contributed by atoms with Crippen molar-refractivity contribution in [2.45, 2.75) is 19.9 Å². The molecule has 1 unspecified atom stereocenters. The third kappa shape index (κ3) is 3.00. The molecule has 0 saturated heterocycles. The molecule has 0 aliphatic rings. The van der Waals surface area contributed by atoms with Crippen molar-refractivity contribution in [3.63, 3.8) is 0 Å². The maximum atomic E-state index is 6.05. The Balaban J connectivity index is 2.33. The first-order valence-electron chi connectivity index (χ1n) is 6.31. The van der Waals surface area contributed by atoms with Crippen LogP contribution >= 0.6 is 11.6 Å². The van der Waals surface area contributed by atoms with E-state index < -0.39 is 0 Å². The number of rotatable bonds is 4. The van der Waals surface area contributed by atoms with Gasteiger partial charge in [-0.15, -0.1) is 0 Å². The van der Waals surface area contributed by atoms with Crippen molar-refractivity contribution in [1.82, 2.24) is 9.97 Å². The van der Waals surface area contributed by atoms with Gasteiger partial charge in [0.25, 0.3) is 0 Å². The standard InChI is InChI=1S/C14H18ClN5/c1-9-8-17-14(19-16)18-13(9)20(3)10(2)11-5-4-6-12(15)7-11/h4-8,10H,16H2,1-3H3,(H,17,18,19). The molecule has 0 aliphatic heterocycles. The lowest BCUT2D eigenvalue weighted by atomic mass is 10.1. The summed E-state index contributed by atoms with van der Waals surface area (Å²) in [5.74, 6) is 6.60. The van der Waals surface area contributed by atoms with Gasteiger partial charge in [-0.1, -0.05) is 23.7 Å². The van der Waals surface area contributed by atoms with Gasteiger partial charge in [0.15, 0.2) is 0 Å². The van der Waals surface area contributed by atoms with Gasteiger partial charge in [0.05, 0.1) is 6.04 Å². The number of halogens is 1. The largest absolute Gasteiger partial charge is 0.353 e. The van der Waals surface area contributed by atoms with E-state index in [9.17, 15) is 0 Å². The van der Waals surface area contributed by atoms with E-state index in [0.29, 0.717) is 5.95 Å². The van der Waals surface area contributed by atoms with Crippen molar-refractivity contribution in [2.75, 3.05) is 17.4 Å². The fraction of sp³-hybridized carbons (Fsp3) is 0.286. The Morgan fingerprint density at radius 1 is 1.40 bits per heavy atom. The minimum atomic E-state index is 0.132. The number of nitrogen functional groups attached to an aromatic ring is 1. The highest BCUT2D eigenvalue weighted by Gasteiger charge is 2.16. The van der Waals surface area contributed by atoms with Crippen LogP contribution in [0.3, 0.4) is 0 Å². The van der Waals surface area contributed by atoms with Crippen LogP contribution in [0, 0.1) is 6.92 Å². The summed E-state index contributed by atoms with van der Waals surface area (Å²) in [6.45, 7) is 4.07. The van der Waals surface area contributed by atoms with Crippen molar-refractivity contribution < 1.29 is 0 Å². The zero-order valence-corrected chi connectivity index (χ0v) is 12.5. The van der Waals surface area contributed by atoms with Crippen molar-refractivity contribution in [1.29, 1.82) is 0 Å². The van der Waals surface area contributed by atoms with Gasteiger partial charge in [0.2, 0.25) is 5.95 Å². The summed E-state index contributed by atoms with van der Waals surface area (Å²) in [4.78, 5) is 10.6. The lowest BCUT2D eigenvalue weighted by Crippen LogP contribution is -2.24. The third-order valence-corrected chi connectivity index (χ3v) is 3.56. The molecule has 0 spiro atoms. The van der Waals surface area contributed by atoms with Crippen molar-refractivity contribution >= 4 is 23.4 Å². The maximum Gasteiger partial charge on any atom is 0.239 e. The Morgan fingerprint density at radius 3 is 2.80 bits per heavy atom. The normalized spacial score (nSPS) is 12.1. The van der Waals surface area contributed by atoms with Crippen LogP contribution in [0.1, 0.15) is 24.1 Å². The van der Waals surface area contributed by atoms with Crippen molar-refractivity contribution in [2.24, 2.45) is 5.84 Å². The monoisotopic (exact) mass is 291 g/mol. The van der Waals surface area contributed by atoms with E-state index in [1.165, 1.54) is 0 Å². The molecule has 20 heavy (non-hydrogen) atoms. The average molecular weight is 292 g/mol. The highest BCUT2D eigenvalue weighted by molar-refractivity contribution is 6.30. The highest BCUT2D eigenvalue weighted by Crippen LogP contribution is 2.27. The Morgan fingerprint density at radius 2 is 2.15 bits per heavy atom. The summed E-state index contributed by atoms with van der Waals surface area (Å²) >= 11 is 6.05. The molecule has 2 rings (SSSR count). The number of benzene rings is 1. The van der Waals surface area contributed by atoms with Crippen LogP contribution in [-0.2, 0) is 0 Å². The van der Waals surface area contributed by atoms with Gasteiger partial charge >= 0.3 is 0 Å². The van der Waals surface area contributed by atoms with Crippen molar-refractivity contribution in [3.8, 4) is 0 Å². The van der Waals surface area contributed by atoms with Gasteiger partial charge in [0.1, 0.15) is 5.82 Å². The van der Waals surface area contributed by atoms with E-state index in [1.807, 2.05) is 38.2 Å². The molecule has 0 fully saturated rings. The van der Waals surface area contributed by atoms with Gasteiger partial charge in [0, 0.05) is 23.8 Å². The van der Waals surface area contributed by atoms with Gasteiger partial charge in [-0.3, -0.25) is 5.43 Å². The Bertz CT molecular complexity index is 602. The van der Waals surface area contributed by atoms with Crippen LogP contribution in [0.15, 0.2) is 30.5 Å². The molecule has 106 valence electrons. The van der Waals surface area contributed by atoms with Crippen LogP contribution < -0.4 is 16.2 Å². The summed E-state index contributed by atoms with van der Waals surface area (Å²) in [5.41, 5.74) is 4.58. The molecule has 3 N–H and O–H groups in total. The third-order valence-electron chi connectivity index (χ3n) is 3.32. The summed E-state index contributed by atoms with van der Waals surface area (Å²) in [5, 5.41) is 0.728. The first kappa shape index (κ1) is 14.6. The average Bonchev–Trinajstić information content (AvgIpc) is 2.46. The van der Waals surface area contributed by atoms with Crippen molar-refractivity contribution in [3.05, 3.63) is 46.6 Å². The SMILES string of the molecule is Cc1cnc(NN)nc1N(C)C(C)c1cccc(Cl)c1. The molecule has 0 bridgehead atoms. The minimum Gasteiger partial charge on any atom is -0.353 e. The molecular weight excluding hydrogens is 274 g/mol. The summed E-state index contributed by atoms with van der Waals surface area (Å²) in [7, 11) is 1.99. The number of nitrogens with one attached hydrogen (secondary N) is 1. The molecule has 0 aliphatic carbocycles. The number of hydrogen-bond donors (Lipinski definition) is 2. The van der Waals surface area contributed by atoms with Crippen LogP contribution in [0.4, 0.5) is 11.8 Å². The summed E-state index contributed by atoms with van der Waals surface area (Å²) in [6.07, 6.45) is 1.75. The molecule has 2 aromatic rings. The Labute approximate surface area is 123 Å². The molecule has 1 aromatic heterocycles. The van der Waals surface area contributed by atoms with Gasteiger partial charge in [-0.05, 0) is 31.5 Å². The zero-order valence-electron chi connectivity index (χ0n) is 11.8. The van der Waals surface area contributed by atoms with Crippen LogP contribution in [0.25, 0.3) is 0 Å². The van der Waals surface area contributed by atoms with Crippen LogP contribution in [0.5, 0.6) is 0 Å². The number of anilines is 2. The molecule has 0 radical (unpaired) electrons. The molecule has 1 atom stereocenters. The molecule has 1 aromatic carbocycles. The number of aryl methyl sites for hydroxylation is 1. The predicted molar refractivity (Wildman–Crippen MR) is 82.8 cm³/mol. The molecule has 0 amide bonds. The van der Waals surface area contributed by atoms with E-state index in [1.54, 1.807) is 6.20 Å². The molecular formula is C14H18ClN5. The fourth-order valence-electron chi connectivity index (χ4n) is 2.03. The minimum absolute atomic E-state index is 0.132. The number of nitrogens with two attached hydrogens (primary N) is 1.